The van der Waals surface area contributed by atoms with Gasteiger partial charge in [-0.2, -0.15) is 0 Å². The van der Waals surface area contributed by atoms with E-state index in [1.54, 1.807) is 10.9 Å². The van der Waals surface area contributed by atoms with Crippen molar-refractivity contribution >= 4 is 24.0 Å². The molecule has 1 aromatic heterocycles. The van der Waals surface area contributed by atoms with Crippen LogP contribution in [-0.4, -0.2) is 15.0 Å². The van der Waals surface area contributed by atoms with Gasteiger partial charge >= 0.3 is 0 Å². The summed E-state index contributed by atoms with van der Waals surface area (Å²) in [4.78, 5) is 0. The molecule has 0 aliphatic heterocycles. The first-order chi connectivity index (χ1) is 6.79. The maximum atomic E-state index is 5.85. The Morgan fingerprint density at radius 1 is 1.40 bits per heavy atom. The summed E-state index contributed by atoms with van der Waals surface area (Å²) in [6.07, 6.45) is 1.78. The van der Waals surface area contributed by atoms with Crippen LogP contribution in [0.3, 0.4) is 0 Å². The van der Waals surface area contributed by atoms with E-state index in [1.807, 2.05) is 24.3 Å². The lowest BCUT2D eigenvalue weighted by atomic mass is 10.3. The highest BCUT2D eigenvalue weighted by Crippen LogP contribution is 2.13. The lowest BCUT2D eigenvalue weighted by molar-refractivity contribution is 0.797. The van der Waals surface area contributed by atoms with Gasteiger partial charge in [0.1, 0.15) is 0 Å². The first-order valence-electron chi connectivity index (χ1n) is 4.17. The maximum absolute atomic E-state index is 5.85. The quantitative estimate of drug-likeness (QED) is 0.877. The Kier molecular flexibility index (Phi) is 4.08. The van der Waals surface area contributed by atoms with Crippen molar-refractivity contribution < 1.29 is 0 Å². The number of rotatable bonds is 2. The molecule has 0 aliphatic carbocycles. The monoisotopic (exact) mass is 244 g/mol. The van der Waals surface area contributed by atoms with Crippen LogP contribution in [0.1, 0.15) is 5.69 Å². The van der Waals surface area contributed by atoms with Gasteiger partial charge in [0.05, 0.1) is 17.6 Å². The molecule has 1 heterocycles. The van der Waals surface area contributed by atoms with Crippen molar-refractivity contribution in [2.24, 2.45) is 5.73 Å². The molecule has 2 aromatic rings. The minimum Gasteiger partial charge on any atom is -0.325 e. The molecule has 0 unspecified atom stereocenters. The maximum Gasteiger partial charge on any atom is 0.0967 e. The van der Waals surface area contributed by atoms with E-state index in [4.69, 9.17) is 17.3 Å². The van der Waals surface area contributed by atoms with Crippen LogP contribution in [0.2, 0.25) is 5.02 Å². The molecule has 15 heavy (non-hydrogen) atoms. The molecule has 1 aromatic carbocycles. The molecular weight excluding hydrogens is 235 g/mol. The Morgan fingerprint density at radius 3 is 2.80 bits per heavy atom. The van der Waals surface area contributed by atoms with Crippen LogP contribution in [0, 0.1) is 0 Å². The molecule has 0 saturated carbocycles. The van der Waals surface area contributed by atoms with E-state index in [2.05, 4.69) is 10.3 Å². The van der Waals surface area contributed by atoms with Crippen LogP contribution in [0.25, 0.3) is 5.69 Å². The zero-order valence-corrected chi connectivity index (χ0v) is 9.37. The van der Waals surface area contributed by atoms with Crippen molar-refractivity contribution in [1.29, 1.82) is 0 Å². The molecule has 0 atom stereocenters. The second-order valence-corrected chi connectivity index (χ2v) is 3.27. The van der Waals surface area contributed by atoms with Crippen LogP contribution in [0.4, 0.5) is 0 Å². The molecule has 80 valence electrons. The van der Waals surface area contributed by atoms with E-state index >= 15 is 0 Å². The van der Waals surface area contributed by atoms with Gasteiger partial charge in [-0.15, -0.1) is 17.5 Å². The average Bonchev–Trinajstić information content (AvgIpc) is 2.66. The molecule has 2 N–H and O–H groups in total. The summed E-state index contributed by atoms with van der Waals surface area (Å²) in [5, 5.41) is 8.49. The zero-order valence-electron chi connectivity index (χ0n) is 7.80. The predicted octanol–water partition coefficient (Wildman–Crippen LogP) is 1.80. The highest BCUT2D eigenvalue weighted by molar-refractivity contribution is 6.30. The fraction of sp³-hybridized carbons (Fsp3) is 0.111. The summed E-state index contributed by atoms with van der Waals surface area (Å²) in [5.74, 6) is 0. The summed E-state index contributed by atoms with van der Waals surface area (Å²) in [6.45, 7) is 0.389. The molecule has 0 aliphatic rings. The first-order valence-corrected chi connectivity index (χ1v) is 4.54. The third-order valence-corrected chi connectivity index (χ3v) is 2.06. The predicted molar refractivity (Wildman–Crippen MR) is 61.5 cm³/mol. The number of halogens is 2. The first kappa shape index (κ1) is 12.0. The number of aromatic nitrogens is 3. The lowest BCUT2D eigenvalue weighted by Crippen LogP contribution is -1.95. The second-order valence-electron chi connectivity index (χ2n) is 2.84. The highest BCUT2D eigenvalue weighted by Gasteiger charge is 2.00. The normalized spacial score (nSPS) is 9.73. The molecule has 0 bridgehead atoms. The summed E-state index contributed by atoms with van der Waals surface area (Å²) < 4.78 is 1.65. The van der Waals surface area contributed by atoms with E-state index in [0.29, 0.717) is 11.6 Å². The number of benzene rings is 1. The van der Waals surface area contributed by atoms with Crippen molar-refractivity contribution in [1.82, 2.24) is 15.0 Å². The molecule has 0 amide bonds. The van der Waals surface area contributed by atoms with Gasteiger partial charge in [-0.1, -0.05) is 22.9 Å². The molecule has 4 nitrogen and oxygen atoms in total. The van der Waals surface area contributed by atoms with E-state index in [0.717, 1.165) is 11.4 Å². The minimum atomic E-state index is 0. The zero-order chi connectivity index (χ0) is 9.97. The Morgan fingerprint density at radius 2 is 2.20 bits per heavy atom. The standard InChI is InChI=1S/C9H9ClN4.ClH/c10-7-2-1-3-9(4-7)14-6-8(5-11)12-13-14;/h1-4,6H,5,11H2;1H. The van der Waals surface area contributed by atoms with E-state index in [1.165, 1.54) is 0 Å². The van der Waals surface area contributed by atoms with E-state index < -0.39 is 0 Å². The Balaban J connectivity index is 0.00000112. The summed E-state index contributed by atoms with van der Waals surface area (Å²) >= 11 is 5.85. The van der Waals surface area contributed by atoms with E-state index in [-0.39, 0.29) is 12.4 Å². The molecule has 6 heteroatoms. The number of hydrogen-bond donors (Lipinski definition) is 1. The molecule has 0 radical (unpaired) electrons. The van der Waals surface area contributed by atoms with Gasteiger partial charge in [-0.05, 0) is 18.2 Å². The van der Waals surface area contributed by atoms with Crippen LogP contribution in [0.5, 0.6) is 0 Å². The molecule has 0 fully saturated rings. The van der Waals surface area contributed by atoms with Gasteiger partial charge in [0, 0.05) is 11.6 Å². The third kappa shape index (κ3) is 2.68. The number of hydrogen-bond acceptors (Lipinski definition) is 3. The second kappa shape index (κ2) is 5.11. The van der Waals surface area contributed by atoms with Gasteiger partial charge in [0.25, 0.3) is 0 Å². The number of nitrogens with zero attached hydrogens (tertiary/aromatic N) is 3. The summed E-state index contributed by atoms with van der Waals surface area (Å²) in [7, 11) is 0. The van der Waals surface area contributed by atoms with Gasteiger partial charge in [0.2, 0.25) is 0 Å². The van der Waals surface area contributed by atoms with Gasteiger partial charge < -0.3 is 5.73 Å². The topological polar surface area (TPSA) is 56.7 Å². The van der Waals surface area contributed by atoms with Gasteiger partial charge in [0.15, 0.2) is 0 Å². The minimum absolute atomic E-state index is 0. The Hall–Kier alpha value is -1.10. The average molecular weight is 245 g/mol. The number of nitrogens with two attached hydrogens (primary N) is 1. The SMILES string of the molecule is Cl.NCc1cn(-c2cccc(Cl)c2)nn1. The van der Waals surface area contributed by atoms with Crippen molar-refractivity contribution in [3.8, 4) is 5.69 Å². The Bertz CT molecular complexity index is 441. The lowest BCUT2D eigenvalue weighted by Gasteiger charge is -1.98. The van der Waals surface area contributed by atoms with Crippen molar-refractivity contribution in [3.63, 3.8) is 0 Å². The van der Waals surface area contributed by atoms with Crippen LogP contribution in [-0.2, 0) is 6.54 Å². The molecule has 0 saturated heterocycles. The Labute approximate surface area is 98.4 Å². The largest absolute Gasteiger partial charge is 0.325 e. The molecule has 0 spiro atoms. The van der Waals surface area contributed by atoms with Crippen molar-refractivity contribution in [3.05, 3.63) is 41.2 Å². The smallest absolute Gasteiger partial charge is 0.0967 e. The fourth-order valence-corrected chi connectivity index (χ4v) is 1.32. The molecular formula is C9H10Cl2N4. The van der Waals surface area contributed by atoms with Gasteiger partial charge in [-0.3, -0.25) is 0 Å². The van der Waals surface area contributed by atoms with Crippen LogP contribution >= 0.6 is 24.0 Å². The van der Waals surface area contributed by atoms with Crippen molar-refractivity contribution in [2.75, 3.05) is 0 Å². The van der Waals surface area contributed by atoms with Gasteiger partial charge in [-0.25, -0.2) is 4.68 Å². The summed E-state index contributed by atoms with van der Waals surface area (Å²) in [6, 6.07) is 7.39. The highest BCUT2D eigenvalue weighted by atomic mass is 35.5. The molecule has 2 rings (SSSR count). The summed E-state index contributed by atoms with van der Waals surface area (Å²) in [5.41, 5.74) is 7.06. The van der Waals surface area contributed by atoms with E-state index in [9.17, 15) is 0 Å². The van der Waals surface area contributed by atoms with Crippen LogP contribution in [0.15, 0.2) is 30.5 Å². The fourth-order valence-electron chi connectivity index (χ4n) is 1.14. The third-order valence-electron chi connectivity index (χ3n) is 1.82. The van der Waals surface area contributed by atoms with Crippen LogP contribution < -0.4 is 5.73 Å². The van der Waals surface area contributed by atoms with Crippen molar-refractivity contribution in [2.45, 2.75) is 6.54 Å².